The number of nitrogens with zero attached hydrogens (tertiary/aromatic N) is 2. The van der Waals surface area contributed by atoms with E-state index in [1.54, 1.807) is 0 Å². The van der Waals surface area contributed by atoms with Gasteiger partial charge in [-0.1, -0.05) is 56.2 Å². The first kappa shape index (κ1) is 19.5. The van der Waals surface area contributed by atoms with Crippen LogP contribution in [0.4, 0.5) is 11.4 Å². The van der Waals surface area contributed by atoms with Gasteiger partial charge in [-0.05, 0) is 44.0 Å². The molecule has 0 heterocycles. The zero-order chi connectivity index (χ0) is 15.6. The molecule has 124 valence electrons. The van der Waals surface area contributed by atoms with E-state index >= 15 is 0 Å². The Hall–Kier alpha value is -1.56. The van der Waals surface area contributed by atoms with E-state index in [4.69, 9.17) is 9.98 Å². The van der Waals surface area contributed by atoms with Gasteiger partial charge in [0, 0.05) is 20.4 Å². The Kier molecular flexibility index (Phi) is 9.36. The van der Waals surface area contributed by atoms with Crippen LogP contribution >= 0.6 is 0 Å². The van der Waals surface area contributed by atoms with Gasteiger partial charge in [0.2, 0.25) is 0 Å². The molecule has 0 aliphatic heterocycles. The first-order chi connectivity index (χ1) is 10.8. The Morgan fingerprint density at radius 3 is 1.83 bits per heavy atom. The van der Waals surface area contributed by atoms with Gasteiger partial charge < -0.3 is 0 Å². The van der Waals surface area contributed by atoms with Gasteiger partial charge in [-0.3, -0.25) is 9.98 Å². The molecule has 0 aliphatic rings. The van der Waals surface area contributed by atoms with Crippen LogP contribution in [0.15, 0.2) is 70.6 Å². The number of para-hydroxylation sites is 2. The minimum atomic E-state index is 0. The van der Waals surface area contributed by atoms with Crippen LogP contribution < -0.4 is 0 Å². The summed E-state index contributed by atoms with van der Waals surface area (Å²) in [7, 11) is 0. The third-order valence-electron chi connectivity index (χ3n) is 3.51. The number of benzene rings is 2. The van der Waals surface area contributed by atoms with Crippen LogP contribution in [-0.2, 0) is 20.4 Å². The molecule has 0 radical (unpaired) electrons. The van der Waals surface area contributed by atoms with Crippen molar-refractivity contribution < 1.29 is 20.4 Å². The molecular weight excluding hydrogens is 375 g/mol. The van der Waals surface area contributed by atoms with E-state index in [2.05, 4.69) is 13.8 Å². The van der Waals surface area contributed by atoms with E-state index in [1.165, 1.54) is 12.8 Å². The Morgan fingerprint density at radius 2 is 1.30 bits per heavy atom. The van der Waals surface area contributed by atoms with Crippen molar-refractivity contribution in [2.75, 3.05) is 0 Å². The number of unbranched alkanes of at least 4 members (excludes halogenated alkanes) is 2. The SMILES string of the molecule is CCCCCC(=N\c1ccccc1)/C(C)=N/c1ccccc1.[Pd]. The molecule has 2 nitrogen and oxygen atoms in total. The summed E-state index contributed by atoms with van der Waals surface area (Å²) < 4.78 is 0. The van der Waals surface area contributed by atoms with E-state index in [9.17, 15) is 0 Å². The molecule has 0 aliphatic carbocycles. The minimum Gasteiger partial charge on any atom is -0.252 e. The average molecular weight is 399 g/mol. The quantitative estimate of drug-likeness (QED) is 0.304. The average Bonchev–Trinajstić information content (AvgIpc) is 2.56. The molecule has 0 bridgehead atoms. The van der Waals surface area contributed by atoms with Crippen LogP contribution in [0.25, 0.3) is 0 Å². The molecule has 3 heteroatoms. The molecule has 0 aromatic heterocycles. The summed E-state index contributed by atoms with van der Waals surface area (Å²) >= 11 is 0. The van der Waals surface area contributed by atoms with E-state index in [0.29, 0.717) is 0 Å². The number of aliphatic imine (C=N–C) groups is 2. The predicted molar refractivity (Wildman–Crippen MR) is 96.9 cm³/mol. The van der Waals surface area contributed by atoms with Gasteiger partial charge in [-0.2, -0.15) is 0 Å². The van der Waals surface area contributed by atoms with Crippen LogP contribution in [0.1, 0.15) is 39.5 Å². The molecule has 0 spiro atoms. The third-order valence-corrected chi connectivity index (χ3v) is 3.51. The number of hydrogen-bond acceptors (Lipinski definition) is 2. The van der Waals surface area contributed by atoms with Gasteiger partial charge in [0.15, 0.2) is 0 Å². The molecular formula is C20H24N2Pd. The molecule has 0 atom stereocenters. The van der Waals surface area contributed by atoms with Gasteiger partial charge in [0.25, 0.3) is 0 Å². The van der Waals surface area contributed by atoms with Gasteiger partial charge >= 0.3 is 0 Å². The molecule has 0 saturated carbocycles. The largest absolute Gasteiger partial charge is 0.252 e. The number of rotatable bonds is 7. The van der Waals surface area contributed by atoms with Gasteiger partial charge in [-0.15, -0.1) is 0 Å². The smallest absolute Gasteiger partial charge is 0.0633 e. The van der Waals surface area contributed by atoms with Crippen molar-refractivity contribution in [3.63, 3.8) is 0 Å². The fourth-order valence-corrected chi connectivity index (χ4v) is 2.28. The topological polar surface area (TPSA) is 24.7 Å². The summed E-state index contributed by atoms with van der Waals surface area (Å²) in [5.74, 6) is 0. The summed E-state index contributed by atoms with van der Waals surface area (Å²) in [4.78, 5) is 9.53. The zero-order valence-corrected chi connectivity index (χ0v) is 15.4. The fourth-order valence-electron chi connectivity index (χ4n) is 2.28. The third kappa shape index (κ3) is 7.03. The van der Waals surface area contributed by atoms with Crippen LogP contribution in [0.5, 0.6) is 0 Å². The second-order valence-electron chi connectivity index (χ2n) is 5.38. The van der Waals surface area contributed by atoms with E-state index in [1.807, 2.05) is 60.7 Å². The summed E-state index contributed by atoms with van der Waals surface area (Å²) in [6, 6.07) is 20.2. The molecule has 2 rings (SSSR count). The van der Waals surface area contributed by atoms with Crippen molar-refractivity contribution in [3.8, 4) is 0 Å². The second-order valence-corrected chi connectivity index (χ2v) is 5.38. The maximum atomic E-state index is 4.81. The predicted octanol–water partition coefficient (Wildman–Crippen LogP) is 6.13. The van der Waals surface area contributed by atoms with E-state index < -0.39 is 0 Å². The minimum absolute atomic E-state index is 0. The molecule has 0 amide bonds. The zero-order valence-electron chi connectivity index (χ0n) is 13.8. The molecule has 0 fully saturated rings. The van der Waals surface area contributed by atoms with Gasteiger partial charge in [0.1, 0.15) is 0 Å². The second kappa shape index (κ2) is 11.1. The fraction of sp³-hybridized carbons (Fsp3) is 0.300. The van der Waals surface area contributed by atoms with Crippen LogP contribution in [0.2, 0.25) is 0 Å². The molecule has 23 heavy (non-hydrogen) atoms. The monoisotopic (exact) mass is 398 g/mol. The maximum absolute atomic E-state index is 4.81. The molecule has 0 unspecified atom stereocenters. The van der Waals surface area contributed by atoms with Crippen molar-refractivity contribution in [1.29, 1.82) is 0 Å². The maximum Gasteiger partial charge on any atom is 0.0633 e. The van der Waals surface area contributed by atoms with Crippen molar-refractivity contribution in [2.45, 2.75) is 39.5 Å². The van der Waals surface area contributed by atoms with Crippen molar-refractivity contribution in [1.82, 2.24) is 0 Å². The van der Waals surface area contributed by atoms with Crippen molar-refractivity contribution >= 4 is 22.8 Å². The Labute approximate surface area is 153 Å². The normalized spacial score (nSPS) is 11.9. The van der Waals surface area contributed by atoms with E-state index in [0.717, 1.165) is 35.6 Å². The summed E-state index contributed by atoms with van der Waals surface area (Å²) in [6.45, 7) is 4.28. The first-order valence-electron chi connectivity index (χ1n) is 8.03. The van der Waals surface area contributed by atoms with Gasteiger partial charge in [0.05, 0.1) is 22.8 Å². The number of hydrogen-bond donors (Lipinski definition) is 0. The van der Waals surface area contributed by atoms with Gasteiger partial charge in [-0.25, -0.2) is 0 Å². The summed E-state index contributed by atoms with van der Waals surface area (Å²) in [5, 5.41) is 0. The Bertz CT molecular complexity index is 619. The van der Waals surface area contributed by atoms with Crippen molar-refractivity contribution in [3.05, 3.63) is 60.7 Å². The van der Waals surface area contributed by atoms with Crippen LogP contribution in [-0.4, -0.2) is 11.4 Å². The van der Waals surface area contributed by atoms with Crippen LogP contribution in [0, 0.1) is 0 Å². The van der Waals surface area contributed by atoms with Crippen LogP contribution in [0.3, 0.4) is 0 Å². The molecule has 0 saturated heterocycles. The summed E-state index contributed by atoms with van der Waals surface area (Å²) in [6.07, 6.45) is 4.58. The van der Waals surface area contributed by atoms with E-state index in [-0.39, 0.29) is 20.4 Å². The Morgan fingerprint density at radius 1 is 0.783 bits per heavy atom. The first-order valence-corrected chi connectivity index (χ1v) is 8.03. The van der Waals surface area contributed by atoms with Crippen molar-refractivity contribution in [2.24, 2.45) is 9.98 Å². The molecule has 2 aromatic rings. The Balaban J connectivity index is 0.00000264. The molecule has 0 N–H and O–H groups in total. The molecule has 2 aromatic carbocycles. The standard InChI is InChI=1S/C20H24N2.Pd/c1-3-4-7-16-20(22-19-14-10-6-11-15-19)17(2)21-18-12-8-5-9-13-18;/h5-6,8-15H,3-4,7,16H2,1-2H3;/b21-17+,22-20+;. The summed E-state index contributed by atoms with van der Waals surface area (Å²) in [5.41, 5.74) is 4.07.